The minimum atomic E-state index is -0.00786. The highest BCUT2D eigenvalue weighted by atomic mass is 127. The summed E-state index contributed by atoms with van der Waals surface area (Å²) in [5, 5.41) is 6.89. The number of amides is 1. The van der Waals surface area contributed by atoms with E-state index in [-0.39, 0.29) is 35.3 Å². The molecule has 1 saturated heterocycles. The molecule has 0 bridgehead atoms. The number of aliphatic imine (C=N–C) groups is 1. The SMILES string of the molecule is CCc1ccc(C(C)(C)CNC(=NC)NCc2cccc(CN3CCCC3=O)c2)cc1.I. The number of likely N-dealkylation sites (tertiary alicyclic amines) is 1. The van der Waals surface area contributed by atoms with Crippen LogP contribution in [0, 0.1) is 0 Å². The van der Waals surface area contributed by atoms with E-state index < -0.39 is 0 Å². The summed E-state index contributed by atoms with van der Waals surface area (Å²) in [6.07, 6.45) is 2.72. The van der Waals surface area contributed by atoms with Gasteiger partial charge >= 0.3 is 0 Å². The largest absolute Gasteiger partial charge is 0.356 e. The van der Waals surface area contributed by atoms with Gasteiger partial charge < -0.3 is 15.5 Å². The van der Waals surface area contributed by atoms with Crippen LogP contribution in [0.4, 0.5) is 0 Å². The number of benzene rings is 2. The Bertz CT molecular complexity index is 908. The molecule has 0 unspecified atom stereocenters. The van der Waals surface area contributed by atoms with Gasteiger partial charge in [-0.2, -0.15) is 0 Å². The van der Waals surface area contributed by atoms with Crippen LogP contribution >= 0.6 is 24.0 Å². The van der Waals surface area contributed by atoms with Gasteiger partial charge in [0.2, 0.25) is 5.91 Å². The number of hydrogen-bond donors (Lipinski definition) is 2. The normalized spacial score (nSPS) is 14.3. The van der Waals surface area contributed by atoms with Gasteiger partial charge in [0, 0.05) is 45.1 Å². The second-order valence-corrected chi connectivity index (χ2v) is 8.95. The van der Waals surface area contributed by atoms with Crippen molar-refractivity contribution in [1.82, 2.24) is 15.5 Å². The van der Waals surface area contributed by atoms with Crippen LogP contribution in [0.15, 0.2) is 53.5 Å². The summed E-state index contributed by atoms with van der Waals surface area (Å²) in [6, 6.07) is 17.3. The van der Waals surface area contributed by atoms with E-state index in [0.29, 0.717) is 19.5 Å². The Hall–Kier alpha value is -2.09. The zero-order chi connectivity index (χ0) is 22.3. The van der Waals surface area contributed by atoms with E-state index >= 15 is 0 Å². The maximum absolute atomic E-state index is 11.9. The first-order chi connectivity index (χ1) is 14.9. The third-order valence-corrected chi connectivity index (χ3v) is 6.06. The molecule has 174 valence electrons. The lowest BCUT2D eigenvalue weighted by Gasteiger charge is -2.27. The first-order valence-corrected chi connectivity index (χ1v) is 11.3. The second-order valence-electron chi connectivity index (χ2n) is 8.95. The quantitative estimate of drug-likeness (QED) is 0.287. The fourth-order valence-electron chi connectivity index (χ4n) is 3.93. The fraction of sp³-hybridized carbons (Fsp3) is 0.462. The van der Waals surface area contributed by atoms with Gasteiger partial charge in [-0.05, 0) is 35.1 Å². The average Bonchev–Trinajstić information content (AvgIpc) is 3.18. The predicted molar refractivity (Wildman–Crippen MR) is 144 cm³/mol. The van der Waals surface area contributed by atoms with Gasteiger partial charge in [-0.15, -0.1) is 24.0 Å². The molecule has 5 nitrogen and oxygen atoms in total. The first kappa shape index (κ1) is 26.2. The number of carbonyl (C=O) groups excluding carboxylic acids is 1. The lowest BCUT2D eigenvalue weighted by molar-refractivity contribution is -0.128. The van der Waals surface area contributed by atoms with Crippen molar-refractivity contribution in [3.63, 3.8) is 0 Å². The van der Waals surface area contributed by atoms with Gasteiger partial charge in [0.25, 0.3) is 0 Å². The summed E-state index contributed by atoms with van der Waals surface area (Å²) < 4.78 is 0. The summed E-state index contributed by atoms with van der Waals surface area (Å²) >= 11 is 0. The molecule has 0 atom stereocenters. The monoisotopic (exact) mass is 548 g/mol. The summed E-state index contributed by atoms with van der Waals surface area (Å²) in [4.78, 5) is 18.2. The van der Waals surface area contributed by atoms with E-state index in [4.69, 9.17) is 0 Å². The lowest BCUT2D eigenvalue weighted by atomic mass is 9.84. The van der Waals surface area contributed by atoms with Gasteiger partial charge in [0.05, 0.1) is 0 Å². The molecule has 0 spiro atoms. The van der Waals surface area contributed by atoms with Crippen molar-refractivity contribution in [1.29, 1.82) is 0 Å². The molecule has 0 radical (unpaired) electrons. The van der Waals surface area contributed by atoms with Crippen molar-refractivity contribution in [2.45, 2.75) is 58.5 Å². The van der Waals surface area contributed by atoms with Crippen molar-refractivity contribution in [2.75, 3.05) is 20.1 Å². The highest BCUT2D eigenvalue weighted by Crippen LogP contribution is 2.23. The third-order valence-electron chi connectivity index (χ3n) is 6.06. The number of halogens is 1. The minimum Gasteiger partial charge on any atom is -0.356 e. The van der Waals surface area contributed by atoms with Crippen molar-refractivity contribution in [3.05, 3.63) is 70.8 Å². The van der Waals surface area contributed by atoms with Gasteiger partial charge in [0.15, 0.2) is 5.96 Å². The van der Waals surface area contributed by atoms with Crippen LogP contribution in [-0.4, -0.2) is 36.9 Å². The average molecular weight is 549 g/mol. The standard InChI is InChI=1S/C26H36N4O.HI/c1-5-20-11-13-23(14-12-20)26(2,3)19-29-25(27-4)28-17-21-8-6-9-22(16-21)18-30-15-7-10-24(30)31;/h6,8-9,11-14,16H,5,7,10,15,17-19H2,1-4H3,(H2,27,28,29);1H. The van der Waals surface area contributed by atoms with Crippen LogP contribution < -0.4 is 10.6 Å². The minimum absolute atomic E-state index is 0. The van der Waals surface area contributed by atoms with Crippen molar-refractivity contribution < 1.29 is 4.79 Å². The molecule has 2 N–H and O–H groups in total. The smallest absolute Gasteiger partial charge is 0.222 e. The molecule has 32 heavy (non-hydrogen) atoms. The highest BCUT2D eigenvalue weighted by molar-refractivity contribution is 14.0. The van der Waals surface area contributed by atoms with Gasteiger partial charge in [-0.3, -0.25) is 9.79 Å². The molecule has 2 aromatic carbocycles. The van der Waals surface area contributed by atoms with Crippen LogP contribution in [0.25, 0.3) is 0 Å². The molecule has 0 aromatic heterocycles. The topological polar surface area (TPSA) is 56.7 Å². The Morgan fingerprint density at radius 2 is 1.78 bits per heavy atom. The Morgan fingerprint density at radius 3 is 2.41 bits per heavy atom. The Balaban J connectivity index is 0.00000363. The predicted octanol–water partition coefficient (Wildman–Crippen LogP) is 4.63. The molecule has 1 heterocycles. The fourth-order valence-corrected chi connectivity index (χ4v) is 3.93. The van der Waals surface area contributed by atoms with E-state index in [1.165, 1.54) is 22.3 Å². The van der Waals surface area contributed by atoms with E-state index in [1.807, 2.05) is 4.90 Å². The number of aryl methyl sites for hydroxylation is 1. The van der Waals surface area contributed by atoms with Gasteiger partial charge in [0.1, 0.15) is 0 Å². The third kappa shape index (κ3) is 7.22. The summed E-state index contributed by atoms with van der Waals surface area (Å²) in [5.41, 5.74) is 5.03. The first-order valence-electron chi connectivity index (χ1n) is 11.3. The number of carbonyl (C=O) groups is 1. The van der Waals surface area contributed by atoms with Crippen LogP contribution in [-0.2, 0) is 29.7 Å². The molecule has 1 aliphatic heterocycles. The molecular formula is C26H37IN4O. The maximum atomic E-state index is 11.9. The van der Waals surface area contributed by atoms with Crippen molar-refractivity contribution in [3.8, 4) is 0 Å². The molecule has 3 rings (SSSR count). The number of rotatable bonds is 8. The second kappa shape index (κ2) is 12.2. The van der Waals surface area contributed by atoms with Gasteiger partial charge in [-0.1, -0.05) is 69.3 Å². The number of nitrogens with one attached hydrogen (secondary N) is 2. The molecule has 1 fully saturated rings. The van der Waals surface area contributed by atoms with Crippen molar-refractivity contribution >= 4 is 35.8 Å². The number of nitrogens with zero attached hydrogens (tertiary/aromatic N) is 2. The Kier molecular flexibility index (Phi) is 10.0. The molecule has 1 aliphatic rings. The van der Waals surface area contributed by atoms with Gasteiger partial charge in [-0.25, -0.2) is 0 Å². The van der Waals surface area contributed by atoms with Crippen LogP contribution in [0.5, 0.6) is 0 Å². The van der Waals surface area contributed by atoms with E-state index in [0.717, 1.165) is 31.9 Å². The van der Waals surface area contributed by atoms with E-state index in [9.17, 15) is 4.79 Å². The van der Waals surface area contributed by atoms with E-state index in [1.54, 1.807) is 7.05 Å². The van der Waals surface area contributed by atoms with E-state index in [2.05, 4.69) is 84.9 Å². The summed E-state index contributed by atoms with van der Waals surface area (Å²) in [5.74, 6) is 1.05. The molecule has 1 amide bonds. The number of guanidine groups is 1. The molecule has 0 saturated carbocycles. The maximum Gasteiger partial charge on any atom is 0.222 e. The zero-order valence-electron chi connectivity index (χ0n) is 19.8. The van der Waals surface area contributed by atoms with Crippen LogP contribution in [0.1, 0.15) is 55.9 Å². The molecule has 0 aliphatic carbocycles. The lowest BCUT2D eigenvalue weighted by Crippen LogP contribution is -2.43. The highest BCUT2D eigenvalue weighted by Gasteiger charge is 2.21. The molecular weight excluding hydrogens is 511 g/mol. The molecule has 6 heteroatoms. The zero-order valence-corrected chi connectivity index (χ0v) is 22.1. The summed E-state index contributed by atoms with van der Waals surface area (Å²) in [7, 11) is 1.80. The Morgan fingerprint density at radius 1 is 1.06 bits per heavy atom. The van der Waals surface area contributed by atoms with Crippen LogP contribution in [0.3, 0.4) is 0 Å². The summed E-state index contributed by atoms with van der Waals surface area (Å²) in [6.45, 7) is 9.72. The van der Waals surface area contributed by atoms with Crippen LogP contribution in [0.2, 0.25) is 0 Å². The van der Waals surface area contributed by atoms with Crippen molar-refractivity contribution in [2.24, 2.45) is 4.99 Å². The molecule has 2 aromatic rings. The Labute approximate surface area is 210 Å². The number of hydrogen-bond acceptors (Lipinski definition) is 2.